The number of fused-ring (bicyclic) bond motifs is 1. The van der Waals surface area contributed by atoms with Gasteiger partial charge in [-0.3, -0.25) is 0 Å². The first-order valence-electron chi connectivity index (χ1n) is 7.73. The number of ether oxygens (including phenoxy) is 1. The van der Waals surface area contributed by atoms with Crippen molar-refractivity contribution in [2.24, 2.45) is 17.6 Å². The van der Waals surface area contributed by atoms with E-state index in [1.165, 1.54) is 48.8 Å². The normalized spacial score (nSPS) is 28.1. The predicted molar refractivity (Wildman–Crippen MR) is 77.6 cm³/mol. The van der Waals surface area contributed by atoms with Crippen LogP contribution in [0.25, 0.3) is 0 Å². The van der Waals surface area contributed by atoms with E-state index in [1.54, 1.807) is 0 Å². The molecule has 1 unspecified atom stereocenters. The van der Waals surface area contributed by atoms with Gasteiger partial charge in [-0.15, -0.1) is 0 Å². The molecule has 1 heterocycles. The quantitative estimate of drug-likeness (QED) is 0.892. The largest absolute Gasteiger partial charge is 0.372 e. The molecule has 0 amide bonds. The number of nitrogens with two attached hydrogens (primary N) is 1. The van der Waals surface area contributed by atoms with Gasteiger partial charge in [0.1, 0.15) is 0 Å². The van der Waals surface area contributed by atoms with Crippen molar-refractivity contribution in [1.29, 1.82) is 0 Å². The van der Waals surface area contributed by atoms with Crippen LogP contribution in [-0.2, 0) is 18.0 Å². The van der Waals surface area contributed by atoms with E-state index < -0.39 is 0 Å². The van der Waals surface area contributed by atoms with Gasteiger partial charge in [0.15, 0.2) is 0 Å². The lowest BCUT2D eigenvalue weighted by Gasteiger charge is -2.32. The number of rotatable bonds is 3. The second-order valence-corrected chi connectivity index (χ2v) is 6.24. The van der Waals surface area contributed by atoms with Crippen molar-refractivity contribution in [1.82, 2.24) is 0 Å². The molecule has 0 spiro atoms. The van der Waals surface area contributed by atoms with E-state index >= 15 is 0 Å². The summed E-state index contributed by atoms with van der Waals surface area (Å²) in [5.41, 5.74) is 10.5. The second-order valence-electron chi connectivity index (χ2n) is 6.24. The van der Waals surface area contributed by atoms with Crippen molar-refractivity contribution in [2.45, 2.75) is 58.3 Å². The molecule has 0 bridgehead atoms. The van der Waals surface area contributed by atoms with E-state index in [4.69, 9.17) is 10.5 Å². The van der Waals surface area contributed by atoms with Crippen molar-refractivity contribution < 1.29 is 4.74 Å². The van der Waals surface area contributed by atoms with Crippen LogP contribution in [0.5, 0.6) is 0 Å². The van der Waals surface area contributed by atoms with E-state index in [1.807, 2.05) is 0 Å². The van der Waals surface area contributed by atoms with E-state index in [9.17, 15) is 0 Å². The highest BCUT2D eigenvalue weighted by Gasteiger charge is 2.26. The lowest BCUT2D eigenvalue weighted by molar-refractivity contribution is 0.134. The Balaban J connectivity index is 1.68. The Morgan fingerprint density at radius 1 is 1.16 bits per heavy atom. The van der Waals surface area contributed by atoms with Crippen molar-refractivity contribution in [2.75, 3.05) is 0 Å². The van der Waals surface area contributed by atoms with Crippen molar-refractivity contribution in [3.05, 3.63) is 34.9 Å². The fourth-order valence-electron chi connectivity index (χ4n) is 3.63. The first kappa shape index (κ1) is 13.1. The summed E-state index contributed by atoms with van der Waals surface area (Å²) in [6.45, 7) is 3.84. The van der Waals surface area contributed by atoms with Crippen LogP contribution in [0, 0.1) is 11.8 Å². The van der Waals surface area contributed by atoms with Gasteiger partial charge < -0.3 is 10.5 Å². The highest BCUT2D eigenvalue weighted by molar-refractivity contribution is 5.34. The van der Waals surface area contributed by atoms with Crippen LogP contribution in [-0.4, -0.2) is 0 Å². The Morgan fingerprint density at radius 3 is 2.63 bits per heavy atom. The molecule has 2 N–H and O–H groups in total. The zero-order chi connectivity index (χ0) is 13.2. The van der Waals surface area contributed by atoms with Crippen LogP contribution >= 0.6 is 0 Å². The summed E-state index contributed by atoms with van der Waals surface area (Å²) in [4.78, 5) is 0. The summed E-state index contributed by atoms with van der Waals surface area (Å²) >= 11 is 0. The van der Waals surface area contributed by atoms with Gasteiger partial charge in [0.2, 0.25) is 0 Å². The van der Waals surface area contributed by atoms with Crippen molar-refractivity contribution >= 4 is 0 Å². The zero-order valence-corrected chi connectivity index (χ0v) is 11.9. The molecule has 1 aromatic carbocycles. The van der Waals surface area contributed by atoms with Crippen LogP contribution < -0.4 is 5.73 Å². The molecule has 1 aliphatic heterocycles. The van der Waals surface area contributed by atoms with Crippen LogP contribution in [0.2, 0.25) is 0 Å². The van der Waals surface area contributed by atoms with Gasteiger partial charge in [-0.2, -0.15) is 0 Å². The molecule has 1 aromatic rings. The molecule has 3 rings (SSSR count). The molecule has 0 radical (unpaired) electrons. The highest BCUT2D eigenvalue weighted by Crippen LogP contribution is 2.37. The second kappa shape index (κ2) is 5.64. The third kappa shape index (κ3) is 2.70. The molecule has 1 fully saturated rings. The monoisotopic (exact) mass is 259 g/mol. The first-order chi connectivity index (χ1) is 9.28. The maximum absolute atomic E-state index is 6.51. The van der Waals surface area contributed by atoms with Crippen LogP contribution in [0.3, 0.4) is 0 Å². The van der Waals surface area contributed by atoms with E-state index in [-0.39, 0.29) is 6.04 Å². The van der Waals surface area contributed by atoms with Gasteiger partial charge in [-0.25, -0.2) is 0 Å². The Morgan fingerprint density at radius 2 is 1.89 bits per heavy atom. The smallest absolute Gasteiger partial charge is 0.0725 e. The third-order valence-corrected chi connectivity index (χ3v) is 5.11. The Kier molecular flexibility index (Phi) is 3.90. The van der Waals surface area contributed by atoms with Gasteiger partial charge in [-0.1, -0.05) is 44.4 Å². The Hall–Kier alpha value is -0.860. The molecule has 1 atom stereocenters. The topological polar surface area (TPSA) is 35.2 Å². The molecule has 19 heavy (non-hydrogen) atoms. The molecule has 1 aliphatic carbocycles. The fourth-order valence-corrected chi connectivity index (χ4v) is 3.63. The standard InChI is InChI=1S/C17H25NO/c1-2-12-3-5-13(6-4-12)17(18)14-7-8-15-10-19-11-16(15)9-14/h7-9,12-13,17H,2-6,10-11,18H2,1H3. The van der Waals surface area contributed by atoms with Crippen molar-refractivity contribution in [3.63, 3.8) is 0 Å². The predicted octanol–water partition coefficient (Wildman–Crippen LogP) is 3.93. The lowest BCUT2D eigenvalue weighted by atomic mass is 9.76. The number of hydrogen-bond acceptors (Lipinski definition) is 2. The van der Waals surface area contributed by atoms with Crippen LogP contribution in [0.1, 0.15) is 61.8 Å². The van der Waals surface area contributed by atoms with Gasteiger partial charge in [0, 0.05) is 6.04 Å². The van der Waals surface area contributed by atoms with E-state index in [2.05, 4.69) is 25.1 Å². The maximum atomic E-state index is 6.51. The van der Waals surface area contributed by atoms with Crippen LogP contribution in [0.15, 0.2) is 18.2 Å². The third-order valence-electron chi connectivity index (χ3n) is 5.11. The molecule has 2 heteroatoms. The van der Waals surface area contributed by atoms with Gasteiger partial charge >= 0.3 is 0 Å². The average Bonchev–Trinajstić information content (AvgIpc) is 2.94. The Labute approximate surface area is 116 Å². The summed E-state index contributed by atoms with van der Waals surface area (Å²) < 4.78 is 5.48. The summed E-state index contributed by atoms with van der Waals surface area (Å²) in [6.07, 6.45) is 6.66. The first-order valence-corrected chi connectivity index (χ1v) is 7.73. The summed E-state index contributed by atoms with van der Waals surface area (Å²) in [7, 11) is 0. The fraction of sp³-hybridized carbons (Fsp3) is 0.647. The summed E-state index contributed by atoms with van der Waals surface area (Å²) in [5, 5.41) is 0. The molecular weight excluding hydrogens is 234 g/mol. The van der Waals surface area contributed by atoms with Crippen molar-refractivity contribution in [3.8, 4) is 0 Å². The number of benzene rings is 1. The molecule has 0 aromatic heterocycles. The molecular formula is C17H25NO. The highest BCUT2D eigenvalue weighted by atomic mass is 16.5. The molecule has 104 valence electrons. The minimum absolute atomic E-state index is 0.212. The van der Waals surface area contributed by atoms with E-state index in [0.29, 0.717) is 5.92 Å². The summed E-state index contributed by atoms with van der Waals surface area (Å²) in [6, 6.07) is 6.90. The maximum Gasteiger partial charge on any atom is 0.0725 e. The average molecular weight is 259 g/mol. The van der Waals surface area contributed by atoms with Gasteiger partial charge in [-0.05, 0) is 41.4 Å². The minimum atomic E-state index is 0.212. The Bertz CT molecular complexity index is 435. The summed E-state index contributed by atoms with van der Waals surface area (Å²) in [5.74, 6) is 1.61. The molecule has 2 aliphatic rings. The van der Waals surface area contributed by atoms with E-state index in [0.717, 1.165) is 19.1 Å². The molecule has 0 saturated heterocycles. The van der Waals surface area contributed by atoms with Gasteiger partial charge in [0.25, 0.3) is 0 Å². The molecule has 1 saturated carbocycles. The lowest BCUT2D eigenvalue weighted by Crippen LogP contribution is -2.26. The SMILES string of the molecule is CCC1CCC(C(N)c2ccc3c(c2)COC3)CC1. The number of hydrogen-bond donors (Lipinski definition) is 1. The minimum Gasteiger partial charge on any atom is -0.372 e. The van der Waals surface area contributed by atoms with Gasteiger partial charge in [0.05, 0.1) is 13.2 Å². The van der Waals surface area contributed by atoms with Crippen LogP contribution in [0.4, 0.5) is 0 Å². The zero-order valence-electron chi connectivity index (χ0n) is 11.9. The molecule has 2 nitrogen and oxygen atoms in total.